The quantitative estimate of drug-likeness (QED) is 0.721. The summed E-state index contributed by atoms with van der Waals surface area (Å²) in [6.07, 6.45) is 8.17. The molecular formula is C19H30BN2. The van der Waals surface area contributed by atoms with E-state index < -0.39 is 0 Å². The fourth-order valence-corrected chi connectivity index (χ4v) is 3.27. The number of nitrogens with two attached hydrogens (primary N) is 1. The van der Waals surface area contributed by atoms with Gasteiger partial charge in [-0.25, -0.2) is 0 Å². The van der Waals surface area contributed by atoms with Gasteiger partial charge in [0.1, 0.15) is 7.28 Å². The highest BCUT2D eigenvalue weighted by molar-refractivity contribution is 6.38. The summed E-state index contributed by atoms with van der Waals surface area (Å²) < 4.78 is 0. The molecule has 0 spiro atoms. The number of allylic oxidation sites excluding steroid dienone is 1. The maximum absolute atomic E-state index is 5.59. The molecule has 1 saturated heterocycles. The second-order valence-electron chi connectivity index (χ2n) is 6.57. The highest BCUT2D eigenvalue weighted by Gasteiger charge is 2.20. The maximum atomic E-state index is 5.59. The zero-order valence-electron chi connectivity index (χ0n) is 14.0. The van der Waals surface area contributed by atoms with Crippen molar-refractivity contribution in [2.75, 3.05) is 6.54 Å². The third-order valence-corrected chi connectivity index (χ3v) is 4.69. The lowest BCUT2D eigenvalue weighted by Crippen LogP contribution is -2.38. The summed E-state index contributed by atoms with van der Waals surface area (Å²) in [5.41, 5.74) is 9.45. The molecule has 1 radical (unpaired) electrons. The molecule has 1 aromatic rings. The number of nitrogens with one attached hydrogen (secondary N) is 1. The molecule has 2 unspecified atom stereocenters. The predicted molar refractivity (Wildman–Crippen MR) is 97.2 cm³/mol. The molecule has 2 nitrogen and oxygen atoms in total. The second kappa shape index (κ2) is 9.04. The van der Waals surface area contributed by atoms with Gasteiger partial charge in [0.2, 0.25) is 0 Å². The van der Waals surface area contributed by atoms with Gasteiger partial charge in [0.15, 0.2) is 0 Å². The van der Waals surface area contributed by atoms with E-state index in [0.29, 0.717) is 5.94 Å². The van der Waals surface area contributed by atoms with Gasteiger partial charge in [-0.05, 0) is 55.2 Å². The van der Waals surface area contributed by atoms with Gasteiger partial charge < -0.3 is 11.1 Å². The number of aryl methyl sites for hydroxylation is 1. The summed E-state index contributed by atoms with van der Waals surface area (Å²) in [7, 11) is 2.44. The molecule has 1 fully saturated rings. The summed E-state index contributed by atoms with van der Waals surface area (Å²) in [5, 5.41) is 3.60. The first-order valence-corrected chi connectivity index (χ1v) is 8.76. The second-order valence-corrected chi connectivity index (χ2v) is 6.57. The molecule has 1 heterocycles. The third-order valence-electron chi connectivity index (χ3n) is 4.69. The first kappa shape index (κ1) is 17.1. The molecule has 0 amide bonds. The van der Waals surface area contributed by atoms with E-state index in [1.165, 1.54) is 36.7 Å². The van der Waals surface area contributed by atoms with Gasteiger partial charge >= 0.3 is 0 Å². The monoisotopic (exact) mass is 297 g/mol. The maximum Gasteiger partial charge on any atom is 0.140 e. The Bertz CT molecular complexity index is 464. The SMILES string of the molecule is C=C(Cc1cccc(CCCN)c1)NC1[B]CC(CC)CC1. The smallest absolute Gasteiger partial charge is 0.140 e. The predicted octanol–water partition coefficient (Wildman–Crippen LogP) is 3.49. The summed E-state index contributed by atoms with van der Waals surface area (Å²) in [4.78, 5) is 0. The molecule has 3 heteroatoms. The van der Waals surface area contributed by atoms with E-state index in [4.69, 9.17) is 5.73 Å². The molecule has 0 saturated carbocycles. The van der Waals surface area contributed by atoms with E-state index in [-0.39, 0.29) is 0 Å². The lowest BCUT2D eigenvalue weighted by atomic mass is 9.56. The minimum atomic E-state index is 0.510. The lowest BCUT2D eigenvalue weighted by molar-refractivity contribution is 0.444. The third kappa shape index (κ3) is 5.53. The molecule has 119 valence electrons. The largest absolute Gasteiger partial charge is 0.394 e. The van der Waals surface area contributed by atoms with Crippen molar-refractivity contribution >= 4 is 7.28 Å². The normalized spacial score (nSPS) is 21.2. The highest BCUT2D eigenvalue weighted by atomic mass is 14.9. The van der Waals surface area contributed by atoms with Gasteiger partial charge in [0, 0.05) is 12.1 Å². The van der Waals surface area contributed by atoms with E-state index in [1.807, 2.05) is 0 Å². The Balaban J connectivity index is 1.79. The Morgan fingerprint density at radius 1 is 1.36 bits per heavy atom. The van der Waals surface area contributed by atoms with Crippen molar-refractivity contribution in [2.24, 2.45) is 11.7 Å². The zero-order valence-corrected chi connectivity index (χ0v) is 14.0. The van der Waals surface area contributed by atoms with Gasteiger partial charge in [-0.3, -0.25) is 0 Å². The van der Waals surface area contributed by atoms with Crippen molar-refractivity contribution in [3.8, 4) is 0 Å². The standard InChI is InChI=1S/C19H30BN2/c1-3-16-9-10-19(20-14-16)22-15(2)12-18-7-4-6-17(13-18)8-5-11-21/h4,6-7,13,16,19,22H,2-3,5,8-12,14,21H2,1H3. The Labute approximate surface area is 136 Å². The zero-order chi connectivity index (χ0) is 15.8. The van der Waals surface area contributed by atoms with Crippen molar-refractivity contribution in [3.05, 3.63) is 47.7 Å². The fourth-order valence-electron chi connectivity index (χ4n) is 3.27. The summed E-state index contributed by atoms with van der Waals surface area (Å²) >= 11 is 0. The van der Waals surface area contributed by atoms with Crippen LogP contribution in [0.5, 0.6) is 0 Å². The Morgan fingerprint density at radius 2 is 2.18 bits per heavy atom. The molecule has 0 bridgehead atoms. The van der Waals surface area contributed by atoms with E-state index in [1.54, 1.807) is 0 Å². The van der Waals surface area contributed by atoms with Crippen LogP contribution in [-0.4, -0.2) is 19.8 Å². The lowest BCUT2D eigenvalue weighted by Gasteiger charge is -2.29. The van der Waals surface area contributed by atoms with Crippen LogP contribution >= 0.6 is 0 Å². The first-order chi connectivity index (χ1) is 10.7. The number of rotatable bonds is 8. The van der Waals surface area contributed by atoms with Gasteiger partial charge in [0.25, 0.3) is 0 Å². The Morgan fingerprint density at radius 3 is 2.86 bits per heavy atom. The Kier molecular flexibility index (Phi) is 7.05. The first-order valence-electron chi connectivity index (χ1n) is 8.76. The fraction of sp³-hybridized carbons (Fsp3) is 0.579. The molecular weight excluding hydrogens is 267 g/mol. The van der Waals surface area contributed by atoms with Gasteiger partial charge in [-0.15, -0.1) is 0 Å². The molecule has 22 heavy (non-hydrogen) atoms. The van der Waals surface area contributed by atoms with Crippen LogP contribution in [-0.2, 0) is 12.8 Å². The van der Waals surface area contributed by atoms with Crippen molar-refractivity contribution in [3.63, 3.8) is 0 Å². The van der Waals surface area contributed by atoms with E-state index in [2.05, 4.69) is 50.4 Å². The molecule has 0 aromatic heterocycles. The van der Waals surface area contributed by atoms with Crippen molar-refractivity contribution in [2.45, 2.75) is 57.7 Å². The van der Waals surface area contributed by atoms with Crippen LogP contribution in [0.3, 0.4) is 0 Å². The molecule has 2 atom stereocenters. The molecule has 2 rings (SSSR count). The van der Waals surface area contributed by atoms with Gasteiger partial charge in [-0.1, -0.05) is 50.5 Å². The summed E-state index contributed by atoms with van der Waals surface area (Å²) in [5.74, 6) is 1.40. The van der Waals surface area contributed by atoms with Crippen LogP contribution in [0.4, 0.5) is 0 Å². The minimum Gasteiger partial charge on any atom is -0.394 e. The molecule has 1 aliphatic rings. The molecule has 1 aliphatic heterocycles. The van der Waals surface area contributed by atoms with Crippen LogP contribution in [0, 0.1) is 5.92 Å². The average Bonchev–Trinajstić information content (AvgIpc) is 2.54. The van der Waals surface area contributed by atoms with Crippen molar-refractivity contribution in [1.82, 2.24) is 5.32 Å². The van der Waals surface area contributed by atoms with E-state index in [0.717, 1.165) is 37.4 Å². The van der Waals surface area contributed by atoms with Crippen molar-refractivity contribution in [1.29, 1.82) is 0 Å². The Hall–Kier alpha value is -1.22. The molecule has 0 aliphatic carbocycles. The van der Waals surface area contributed by atoms with Gasteiger partial charge in [-0.2, -0.15) is 0 Å². The van der Waals surface area contributed by atoms with Crippen LogP contribution in [0.25, 0.3) is 0 Å². The van der Waals surface area contributed by atoms with Crippen LogP contribution in [0.15, 0.2) is 36.5 Å². The highest BCUT2D eigenvalue weighted by Crippen LogP contribution is 2.23. The molecule has 3 N–H and O–H groups in total. The topological polar surface area (TPSA) is 38.0 Å². The van der Waals surface area contributed by atoms with Crippen LogP contribution < -0.4 is 11.1 Å². The van der Waals surface area contributed by atoms with E-state index in [9.17, 15) is 0 Å². The summed E-state index contributed by atoms with van der Waals surface area (Å²) in [6.45, 7) is 7.28. The van der Waals surface area contributed by atoms with Crippen LogP contribution in [0.1, 0.15) is 43.7 Å². The minimum absolute atomic E-state index is 0.510. The van der Waals surface area contributed by atoms with Gasteiger partial charge in [0.05, 0.1) is 0 Å². The van der Waals surface area contributed by atoms with Crippen LogP contribution in [0.2, 0.25) is 6.32 Å². The number of benzene rings is 1. The number of hydrogen-bond donors (Lipinski definition) is 2. The molecule has 1 aromatic carbocycles. The summed E-state index contributed by atoms with van der Waals surface area (Å²) in [6, 6.07) is 8.82. The average molecular weight is 297 g/mol. The van der Waals surface area contributed by atoms with E-state index >= 15 is 0 Å². The number of hydrogen-bond acceptors (Lipinski definition) is 2. The van der Waals surface area contributed by atoms with Crippen molar-refractivity contribution < 1.29 is 0 Å².